The maximum absolute atomic E-state index is 10.4. The van der Waals surface area contributed by atoms with Gasteiger partial charge in [-0.05, 0) is 18.4 Å². The molecule has 0 saturated carbocycles. The minimum atomic E-state index is -0.454. The molecule has 0 radical (unpaired) electrons. The molecule has 16 heavy (non-hydrogen) atoms. The first-order valence-corrected chi connectivity index (χ1v) is 5.17. The van der Waals surface area contributed by atoms with E-state index in [0.717, 1.165) is 0 Å². The van der Waals surface area contributed by atoms with Gasteiger partial charge in [-0.2, -0.15) is 0 Å². The molecular weight excluding hydrogens is 206 g/mol. The number of hydrogen-bond donors (Lipinski definition) is 1. The monoisotopic (exact) mass is 223 g/mol. The standard InChI is InChI=1S/C11H17N3O2/c1-8(11(2,3)4)13-10-6-5-9(7-12-10)14(15)16/h5-8H,1-4H3,(H,12,13). The first kappa shape index (κ1) is 12.4. The average Bonchev–Trinajstić information content (AvgIpc) is 2.17. The maximum Gasteiger partial charge on any atom is 0.287 e. The van der Waals surface area contributed by atoms with Crippen LogP contribution < -0.4 is 5.32 Å². The van der Waals surface area contributed by atoms with Gasteiger partial charge in [0.05, 0.1) is 4.92 Å². The first-order valence-electron chi connectivity index (χ1n) is 5.17. The molecular formula is C11H17N3O2. The summed E-state index contributed by atoms with van der Waals surface area (Å²) in [5.41, 5.74) is 0.123. The van der Waals surface area contributed by atoms with Gasteiger partial charge in [-0.15, -0.1) is 0 Å². The van der Waals surface area contributed by atoms with E-state index >= 15 is 0 Å². The van der Waals surface area contributed by atoms with Crippen molar-refractivity contribution in [2.24, 2.45) is 5.41 Å². The lowest BCUT2D eigenvalue weighted by Crippen LogP contribution is -2.31. The number of hydrogen-bond acceptors (Lipinski definition) is 4. The summed E-state index contributed by atoms with van der Waals surface area (Å²) >= 11 is 0. The molecule has 1 unspecified atom stereocenters. The van der Waals surface area contributed by atoms with Crippen LogP contribution in [0.2, 0.25) is 0 Å². The summed E-state index contributed by atoms with van der Waals surface area (Å²) in [6, 6.07) is 3.31. The molecule has 1 aromatic rings. The summed E-state index contributed by atoms with van der Waals surface area (Å²) in [5.74, 6) is 0.660. The number of nitro groups is 1. The smallest absolute Gasteiger partial charge is 0.287 e. The largest absolute Gasteiger partial charge is 0.367 e. The van der Waals surface area contributed by atoms with Gasteiger partial charge in [-0.1, -0.05) is 20.8 Å². The van der Waals surface area contributed by atoms with Gasteiger partial charge in [0.25, 0.3) is 5.69 Å². The third-order valence-corrected chi connectivity index (χ3v) is 2.62. The fourth-order valence-electron chi connectivity index (χ4n) is 1.02. The molecule has 1 aromatic heterocycles. The van der Waals surface area contributed by atoms with Crippen molar-refractivity contribution in [3.63, 3.8) is 0 Å². The summed E-state index contributed by atoms with van der Waals surface area (Å²) in [6.45, 7) is 8.42. The Balaban J connectivity index is 2.73. The third-order valence-electron chi connectivity index (χ3n) is 2.62. The zero-order valence-electron chi connectivity index (χ0n) is 10.0. The SMILES string of the molecule is CC(Nc1ccc([N+](=O)[O-])cn1)C(C)(C)C. The van der Waals surface area contributed by atoms with E-state index in [1.807, 2.05) is 0 Å². The fourth-order valence-corrected chi connectivity index (χ4v) is 1.02. The lowest BCUT2D eigenvalue weighted by Gasteiger charge is -2.28. The van der Waals surface area contributed by atoms with Crippen LogP contribution in [0.15, 0.2) is 18.3 Å². The molecule has 5 heteroatoms. The number of nitrogens with one attached hydrogen (secondary N) is 1. The van der Waals surface area contributed by atoms with Crippen molar-refractivity contribution in [1.29, 1.82) is 0 Å². The lowest BCUT2D eigenvalue weighted by atomic mass is 9.88. The highest BCUT2D eigenvalue weighted by Crippen LogP contribution is 2.22. The van der Waals surface area contributed by atoms with Crippen LogP contribution in [0.3, 0.4) is 0 Å². The van der Waals surface area contributed by atoms with Crippen LogP contribution in [0.1, 0.15) is 27.7 Å². The summed E-state index contributed by atoms with van der Waals surface area (Å²) in [4.78, 5) is 14.0. The predicted molar refractivity (Wildman–Crippen MR) is 63.4 cm³/mol. The van der Waals surface area contributed by atoms with E-state index in [1.165, 1.54) is 12.3 Å². The van der Waals surface area contributed by atoms with Gasteiger partial charge in [0.15, 0.2) is 0 Å². The molecule has 0 aliphatic carbocycles. The van der Waals surface area contributed by atoms with Crippen LogP contribution in [-0.2, 0) is 0 Å². The van der Waals surface area contributed by atoms with Crippen LogP contribution in [0.4, 0.5) is 11.5 Å². The topological polar surface area (TPSA) is 68.1 Å². The quantitative estimate of drug-likeness (QED) is 0.632. The van der Waals surface area contributed by atoms with Gasteiger partial charge < -0.3 is 5.32 Å². The molecule has 1 rings (SSSR count). The van der Waals surface area contributed by atoms with Crippen LogP contribution in [-0.4, -0.2) is 15.9 Å². The molecule has 0 bridgehead atoms. The zero-order valence-corrected chi connectivity index (χ0v) is 10.0. The summed E-state index contributed by atoms with van der Waals surface area (Å²) in [5, 5.41) is 13.7. The summed E-state index contributed by atoms with van der Waals surface area (Å²) in [6.07, 6.45) is 1.26. The van der Waals surface area contributed by atoms with Crippen molar-refractivity contribution in [2.45, 2.75) is 33.7 Å². The molecule has 1 atom stereocenters. The predicted octanol–water partition coefficient (Wildman–Crippen LogP) is 2.84. The van der Waals surface area contributed by atoms with Crippen molar-refractivity contribution < 1.29 is 4.92 Å². The number of aromatic nitrogens is 1. The molecule has 0 spiro atoms. The molecule has 1 N–H and O–H groups in total. The van der Waals surface area contributed by atoms with E-state index in [-0.39, 0.29) is 17.1 Å². The molecule has 0 amide bonds. The van der Waals surface area contributed by atoms with E-state index < -0.39 is 4.92 Å². The fraction of sp³-hybridized carbons (Fsp3) is 0.545. The Morgan fingerprint density at radius 3 is 2.44 bits per heavy atom. The Labute approximate surface area is 95.0 Å². The Kier molecular flexibility index (Phi) is 3.47. The van der Waals surface area contributed by atoms with Crippen LogP contribution in [0.25, 0.3) is 0 Å². The van der Waals surface area contributed by atoms with E-state index in [1.54, 1.807) is 6.07 Å². The molecule has 0 aromatic carbocycles. The average molecular weight is 223 g/mol. The molecule has 0 aliphatic rings. The number of nitrogens with zero attached hydrogens (tertiary/aromatic N) is 2. The van der Waals surface area contributed by atoms with Crippen molar-refractivity contribution >= 4 is 11.5 Å². The maximum atomic E-state index is 10.4. The molecule has 1 heterocycles. The molecule has 0 saturated heterocycles. The zero-order chi connectivity index (χ0) is 12.3. The van der Waals surface area contributed by atoms with Gasteiger partial charge >= 0.3 is 0 Å². The molecule has 0 fully saturated rings. The van der Waals surface area contributed by atoms with Crippen LogP contribution >= 0.6 is 0 Å². The minimum absolute atomic E-state index is 0.00830. The minimum Gasteiger partial charge on any atom is -0.367 e. The normalized spacial score (nSPS) is 13.2. The Hall–Kier alpha value is -1.65. The van der Waals surface area contributed by atoms with Gasteiger partial charge in [0, 0.05) is 12.1 Å². The second-order valence-electron chi connectivity index (χ2n) is 4.89. The Morgan fingerprint density at radius 2 is 2.06 bits per heavy atom. The van der Waals surface area contributed by atoms with Gasteiger partial charge in [-0.3, -0.25) is 10.1 Å². The second-order valence-corrected chi connectivity index (χ2v) is 4.89. The van der Waals surface area contributed by atoms with Gasteiger partial charge in [0.2, 0.25) is 0 Å². The van der Waals surface area contributed by atoms with E-state index in [0.29, 0.717) is 5.82 Å². The molecule has 0 aliphatic heterocycles. The number of pyridine rings is 1. The number of rotatable bonds is 3. The molecule has 5 nitrogen and oxygen atoms in total. The second kappa shape index (κ2) is 4.47. The van der Waals surface area contributed by atoms with Crippen LogP contribution in [0.5, 0.6) is 0 Å². The Bertz CT molecular complexity index is 368. The van der Waals surface area contributed by atoms with E-state index in [9.17, 15) is 10.1 Å². The summed E-state index contributed by atoms with van der Waals surface area (Å²) in [7, 11) is 0. The lowest BCUT2D eigenvalue weighted by molar-refractivity contribution is -0.385. The van der Waals surface area contributed by atoms with Crippen molar-refractivity contribution in [3.05, 3.63) is 28.4 Å². The van der Waals surface area contributed by atoms with Gasteiger partial charge in [0.1, 0.15) is 12.0 Å². The summed E-state index contributed by atoms with van der Waals surface area (Å²) < 4.78 is 0. The van der Waals surface area contributed by atoms with Gasteiger partial charge in [-0.25, -0.2) is 4.98 Å². The van der Waals surface area contributed by atoms with E-state index in [2.05, 4.69) is 38.0 Å². The van der Waals surface area contributed by atoms with Crippen molar-refractivity contribution in [1.82, 2.24) is 4.98 Å². The van der Waals surface area contributed by atoms with Crippen LogP contribution in [0, 0.1) is 15.5 Å². The first-order chi connectivity index (χ1) is 7.30. The van der Waals surface area contributed by atoms with E-state index in [4.69, 9.17) is 0 Å². The number of anilines is 1. The highest BCUT2D eigenvalue weighted by atomic mass is 16.6. The van der Waals surface area contributed by atoms with Crippen molar-refractivity contribution in [3.8, 4) is 0 Å². The third kappa shape index (κ3) is 3.18. The van der Waals surface area contributed by atoms with Crippen molar-refractivity contribution in [2.75, 3.05) is 5.32 Å². The highest BCUT2D eigenvalue weighted by Gasteiger charge is 2.20. The molecule has 88 valence electrons. The highest BCUT2D eigenvalue weighted by molar-refractivity contribution is 5.41. The Morgan fingerprint density at radius 1 is 1.44 bits per heavy atom.